The number of hydrogen-bond donors (Lipinski definition) is 2. The zero-order valence-corrected chi connectivity index (χ0v) is 32.1. The molecule has 2 amide bonds. The monoisotopic (exact) mass is 818 g/mol. The number of sulfonamides is 2. The van der Waals surface area contributed by atoms with Gasteiger partial charge in [0.1, 0.15) is 0 Å². The lowest BCUT2D eigenvalue weighted by Crippen LogP contribution is -2.31. The third-order valence-electron chi connectivity index (χ3n) is 7.76. The second-order valence-corrected chi connectivity index (χ2v) is 16.4. The minimum absolute atomic E-state index is 0.0164. The van der Waals surface area contributed by atoms with Crippen molar-refractivity contribution in [1.82, 2.24) is 0 Å². The van der Waals surface area contributed by atoms with E-state index in [4.69, 9.17) is 46.4 Å². The van der Waals surface area contributed by atoms with E-state index >= 15 is 0 Å². The summed E-state index contributed by atoms with van der Waals surface area (Å²) in [5.74, 6) is -1.55. The smallest absolute Gasteiger partial charge is 0.264 e. The highest BCUT2D eigenvalue weighted by atomic mass is 35.5. The van der Waals surface area contributed by atoms with Gasteiger partial charge in [-0.25, -0.2) is 16.8 Å². The van der Waals surface area contributed by atoms with Gasteiger partial charge in [0.25, 0.3) is 31.9 Å². The summed E-state index contributed by atoms with van der Waals surface area (Å²) in [6.07, 6.45) is 0. The number of carbonyl (C=O) groups is 2. The summed E-state index contributed by atoms with van der Waals surface area (Å²) in [7, 11) is -8.15. The van der Waals surface area contributed by atoms with Crippen molar-refractivity contribution in [2.24, 2.45) is 0 Å². The van der Waals surface area contributed by atoms with Crippen LogP contribution < -0.4 is 19.2 Å². The molecule has 0 aromatic heterocycles. The number of nitrogens with zero attached hydrogens (tertiary/aromatic N) is 2. The summed E-state index contributed by atoms with van der Waals surface area (Å²) in [4.78, 5) is 26.5. The van der Waals surface area contributed by atoms with E-state index in [1.165, 1.54) is 57.1 Å². The quantitative estimate of drug-likeness (QED) is 0.129. The lowest BCUT2D eigenvalue weighted by molar-refractivity contribution is 0.101. The van der Waals surface area contributed by atoms with Crippen molar-refractivity contribution < 1.29 is 26.4 Å². The summed E-state index contributed by atoms with van der Waals surface area (Å²) in [6.45, 7) is 3.65. The van der Waals surface area contributed by atoms with E-state index in [0.717, 1.165) is 0 Å². The molecule has 0 heterocycles. The fraction of sp³-hybridized carbons (Fsp3) is 0.111. The molecule has 0 bridgehead atoms. The van der Waals surface area contributed by atoms with E-state index < -0.39 is 31.9 Å². The fourth-order valence-electron chi connectivity index (χ4n) is 5.22. The Morgan fingerprint density at radius 3 is 1.19 bits per heavy atom. The van der Waals surface area contributed by atoms with E-state index in [2.05, 4.69) is 10.6 Å². The van der Waals surface area contributed by atoms with Gasteiger partial charge in [0.2, 0.25) is 0 Å². The molecule has 5 aromatic rings. The van der Waals surface area contributed by atoms with E-state index in [9.17, 15) is 26.4 Å². The van der Waals surface area contributed by atoms with Gasteiger partial charge in [0.15, 0.2) is 0 Å². The van der Waals surface area contributed by atoms with Crippen LogP contribution in [0.3, 0.4) is 0 Å². The Morgan fingerprint density at radius 2 is 0.865 bits per heavy atom. The number of rotatable bonds is 12. The number of nitrogens with one attached hydrogen (secondary N) is 2. The van der Waals surface area contributed by atoms with Crippen LogP contribution in [0, 0.1) is 0 Å². The molecule has 0 aliphatic rings. The first-order valence-corrected chi connectivity index (χ1v) is 19.9. The van der Waals surface area contributed by atoms with Crippen LogP contribution in [0.15, 0.2) is 119 Å². The number of anilines is 4. The molecule has 0 spiro atoms. The number of hydrogen-bond acceptors (Lipinski definition) is 6. The third kappa shape index (κ3) is 8.17. The van der Waals surface area contributed by atoms with Crippen LogP contribution >= 0.6 is 46.4 Å². The molecule has 52 heavy (non-hydrogen) atoms. The van der Waals surface area contributed by atoms with Crippen LogP contribution in [-0.4, -0.2) is 41.7 Å². The Hall–Kier alpha value is -4.30. The highest BCUT2D eigenvalue weighted by molar-refractivity contribution is 7.93. The predicted octanol–water partition coefficient (Wildman–Crippen LogP) is 9.24. The van der Waals surface area contributed by atoms with Gasteiger partial charge in [-0.3, -0.25) is 18.2 Å². The zero-order chi connectivity index (χ0) is 37.8. The Morgan fingerprint density at radius 1 is 0.519 bits per heavy atom. The van der Waals surface area contributed by atoms with Crippen LogP contribution in [-0.2, 0) is 20.0 Å². The lowest BCUT2D eigenvalue weighted by Gasteiger charge is -2.23. The van der Waals surface area contributed by atoms with Crippen molar-refractivity contribution in [2.45, 2.75) is 23.6 Å². The number of amides is 2. The van der Waals surface area contributed by atoms with Crippen molar-refractivity contribution in [3.63, 3.8) is 0 Å². The van der Waals surface area contributed by atoms with Crippen LogP contribution in [0.4, 0.5) is 22.7 Å². The van der Waals surface area contributed by atoms with Crippen LogP contribution in [0.1, 0.15) is 34.6 Å². The molecule has 0 radical (unpaired) electrons. The normalized spacial score (nSPS) is 11.5. The molecule has 16 heteroatoms. The maximum Gasteiger partial charge on any atom is 0.264 e. The maximum absolute atomic E-state index is 13.6. The Labute approximate surface area is 322 Å². The summed E-state index contributed by atoms with van der Waals surface area (Å²) in [5, 5.41) is 5.05. The second-order valence-electron chi connectivity index (χ2n) is 11.0. The minimum Gasteiger partial charge on any atom is -0.321 e. The molecule has 0 unspecified atom stereocenters. The first-order chi connectivity index (χ1) is 24.7. The summed E-state index contributed by atoms with van der Waals surface area (Å²) >= 11 is 25.6. The van der Waals surface area contributed by atoms with Gasteiger partial charge in [-0.15, -0.1) is 0 Å². The maximum atomic E-state index is 13.6. The third-order valence-corrected chi connectivity index (χ3v) is 12.8. The molecule has 0 aliphatic heterocycles. The summed E-state index contributed by atoms with van der Waals surface area (Å²) in [5.41, 5.74) is 0.677. The van der Waals surface area contributed by atoms with E-state index in [0.29, 0.717) is 11.4 Å². The van der Waals surface area contributed by atoms with Crippen LogP contribution in [0.25, 0.3) is 0 Å². The van der Waals surface area contributed by atoms with Gasteiger partial charge in [-0.2, -0.15) is 0 Å². The van der Waals surface area contributed by atoms with Gasteiger partial charge in [0, 0.05) is 13.1 Å². The molecule has 2 N–H and O–H groups in total. The summed E-state index contributed by atoms with van der Waals surface area (Å²) < 4.78 is 56.7. The predicted molar refractivity (Wildman–Crippen MR) is 209 cm³/mol. The molecule has 0 fully saturated rings. The molecule has 0 atom stereocenters. The Balaban J connectivity index is 1.37. The average Bonchev–Trinajstić information content (AvgIpc) is 3.11. The minimum atomic E-state index is -4.08. The lowest BCUT2D eigenvalue weighted by atomic mass is 10.2. The average molecular weight is 821 g/mol. The molecular formula is C36H30Cl4N4O6S2. The zero-order valence-electron chi connectivity index (χ0n) is 27.5. The summed E-state index contributed by atoms with van der Waals surface area (Å²) in [6, 6.07) is 27.2. The van der Waals surface area contributed by atoms with Gasteiger partial charge in [-0.1, -0.05) is 82.8 Å². The molecule has 10 nitrogen and oxygen atoms in total. The molecule has 0 saturated carbocycles. The van der Waals surface area contributed by atoms with Crippen molar-refractivity contribution in [2.75, 3.05) is 32.3 Å². The van der Waals surface area contributed by atoms with E-state index in [-0.39, 0.29) is 65.5 Å². The van der Waals surface area contributed by atoms with Crippen molar-refractivity contribution >= 4 is 101 Å². The number of para-hydroxylation sites is 2. The van der Waals surface area contributed by atoms with Gasteiger partial charge < -0.3 is 10.6 Å². The highest BCUT2D eigenvalue weighted by Gasteiger charge is 2.28. The second kappa shape index (κ2) is 16.2. The molecule has 0 saturated heterocycles. The molecule has 5 aromatic carbocycles. The molecule has 0 aliphatic carbocycles. The van der Waals surface area contributed by atoms with Gasteiger partial charge >= 0.3 is 0 Å². The van der Waals surface area contributed by atoms with Crippen molar-refractivity contribution in [3.05, 3.63) is 140 Å². The van der Waals surface area contributed by atoms with E-state index in [1.54, 1.807) is 74.5 Å². The first-order valence-electron chi connectivity index (χ1n) is 15.6. The highest BCUT2D eigenvalue weighted by Crippen LogP contribution is 2.35. The first kappa shape index (κ1) is 38.9. The van der Waals surface area contributed by atoms with Crippen LogP contribution in [0.5, 0.6) is 0 Å². The van der Waals surface area contributed by atoms with Gasteiger partial charge in [0.05, 0.1) is 63.8 Å². The number of benzene rings is 5. The Bertz CT molecular complexity index is 2200. The molecule has 270 valence electrons. The topological polar surface area (TPSA) is 133 Å². The molecular weight excluding hydrogens is 790 g/mol. The largest absolute Gasteiger partial charge is 0.321 e. The fourth-order valence-corrected chi connectivity index (χ4v) is 9.05. The standard InChI is InChI=1S/C36H30Cl4N4O6S2/c1-3-43(23-11-7-5-8-12-23)51(47,48)25-15-17-29(37)27(19-25)35(45)41-33-21-32(40)34(22-31(33)39)42-36(46)28-20-26(16-18-30(28)38)52(49,50)44(4-2)24-13-9-6-10-14-24/h5-22H,3-4H2,1-2H3,(H,41,45)(H,42,46). The van der Waals surface area contributed by atoms with Gasteiger partial charge in [-0.05, 0) is 86.6 Å². The number of halogens is 4. The SMILES string of the molecule is CCN(c1ccccc1)S(=O)(=O)c1ccc(Cl)c(C(=O)Nc2cc(Cl)c(NC(=O)c3cc(S(=O)(=O)N(CC)c4ccccc4)ccc3Cl)cc2Cl)c1. The van der Waals surface area contributed by atoms with Crippen molar-refractivity contribution in [3.8, 4) is 0 Å². The van der Waals surface area contributed by atoms with Crippen LogP contribution in [0.2, 0.25) is 20.1 Å². The number of carbonyl (C=O) groups excluding carboxylic acids is 2. The Kier molecular flexibility index (Phi) is 12.1. The van der Waals surface area contributed by atoms with E-state index in [1.807, 2.05) is 0 Å². The molecule has 5 rings (SSSR count). The van der Waals surface area contributed by atoms with Crippen molar-refractivity contribution in [1.29, 1.82) is 0 Å².